The number of carbonyl (C=O) groups is 2. The molecule has 5 nitrogen and oxygen atoms in total. The number of esters is 1. The summed E-state index contributed by atoms with van der Waals surface area (Å²) in [5.74, 6) is -3.37. The molecule has 118 valence electrons. The molecular formula is C12H21F3N2O3. The smallest absolute Gasteiger partial charge is 0.469 e. The number of nitrogens with zero attached hydrogens (tertiary/aromatic N) is 2. The molecule has 0 aliphatic carbocycles. The number of rotatable bonds is 7. The van der Waals surface area contributed by atoms with Crippen LogP contribution in [0, 0.1) is 5.92 Å². The van der Waals surface area contributed by atoms with Crippen LogP contribution in [-0.4, -0.2) is 68.7 Å². The molecule has 20 heavy (non-hydrogen) atoms. The summed E-state index contributed by atoms with van der Waals surface area (Å²) in [6, 6.07) is 0. The maximum absolute atomic E-state index is 12.5. The van der Waals surface area contributed by atoms with Gasteiger partial charge >= 0.3 is 18.1 Å². The van der Waals surface area contributed by atoms with Crippen LogP contribution in [0.15, 0.2) is 0 Å². The largest absolute Gasteiger partial charge is 0.471 e. The monoisotopic (exact) mass is 298 g/mol. The van der Waals surface area contributed by atoms with Crippen molar-refractivity contribution in [3.05, 3.63) is 0 Å². The molecule has 0 aliphatic rings. The zero-order valence-electron chi connectivity index (χ0n) is 12.2. The summed E-state index contributed by atoms with van der Waals surface area (Å²) < 4.78 is 42.0. The highest BCUT2D eigenvalue weighted by molar-refractivity contribution is 5.82. The maximum atomic E-state index is 12.5. The lowest BCUT2D eigenvalue weighted by Crippen LogP contribution is -2.45. The molecule has 0 radical (unpaired) electrons. The fourth-order valence-electron chi connectivity index (χ4n) is 1.64. The molecule has 0 bridgehead atoms. The Balaban J connectivity index is 4.71. The molecular weight excluding hydrogens is 277 g/mol. The van der Waals surface area contributed by atoms with Gasteiger partial charge < -0.3 is 14.5 Å². The molecule has 1 atom stereocenters. The number of amides is 1. The standard InChI is InChI=1S/C12H21F3N2O3/c1-9(10(18)20-4)8-17(7-5-6-16(2)3)11(19)12(13,14)15/h9H,5-8H2,1-4H3. The highest BCUT2D eigenvalue weighted by Gasteiger charge is 2.42. The van der Waals surface area contributed by atoms with Crippen molar-refractivity contribution in [2.45, 2.75) is 19.5 Å². The first-order valence-corrected chi connectivity index (χ1v) is 6.18. The van der Waals surface area contributed by atoms with Gasteiger partial charge in [-0.05, 0) is 27.1 Å². The molecule has 0 N–H and O–H groups in total. The first-order chi connectivity index (χ1) is 9.09. The van der Waals surface area contributed by atoms with Crippen molar-refractivity contribution in [3.8, 4) is 0 Å². The molecule has 1 unspecified atom stereocenters. The summed E-state index contributed by atoms with van der Waals surface area (Å²) in [7, 11) is 4.72. The summed E-state index contributed by atoms with van der Waals surface area (Å²) in [4.78, 5) is 25.0. The minimum Gasteiger partial charge on any atom is -0.469 e. The lowest BCUT2D eigenvalue weighted by molar-refractivity contribution is -0.186. The van der Waals surface area contributed by atoms with Crippen molar-refractivity contribution < 1.29 is 27.5 Å². The van der Waals surface area contributed by atoms with Gasteiger partial charge in [0.15, 0.2) is 0 Å². The molecule has 0 saturated heterocycles. The topological polar surface area (TPSA) is 49.9 Å². The second kappa shape index (κ2) is 8.08. The first-order valence-electron chi connectivity index (χ1n) is 6.18. The molecule has 0 aliphatic heterocycles. The van der Waals surface area contributed by atoms with Gasteiger partial charge in [-0.3, -0.25) is 9.59 Å². The van der Waals surface area contributed by atoms with Crippen molar-refractivity contribution in [2.75, 3.05) is 40.8 Å². The van der Waals surface area contributed by atoms with Crippen molar-refractivity contribution in [2.24, 2.45) is 5.92 Å². The van der Waals surface area contributed by atoms with E-state index in [-0.39, 0.29) is 13.1 Å². The van der Waals surface area contributed by atoms with Gasteiger partial charge in [0.1, 0.15) is 0 Å². The normalized spacial score (nSPS) is 13.2. The van der Waals surface area contributed by atoms with E-state index in [1.165, 1.54) is 6.92 Å². The van der Waals surface area contributed by atoms with Crippen LogP contribution >= 0.6 is 0 Å². The number of ether oxygens (including phenoxy) is 1. The Morgan fingerprint density at radius 3 is 2.15 bits per heavy atom. The van der Waals surface area contributed by atoms with Crippen LogP contribution in [0.4, 0.5) is 13.2 Å². The maximum Gasteiger partial charge on any atom is 0.471 e. The Morgan fingerprint density at radius 2 is 1.75 bits per heavy atom. The lowest BCUT2D eigenvalue weighted by Gasteiger charge is -2.26. The number of halogens is 3. The second-order valence-electron chi connectivity index (χ2n) is 4.83. The fraction of sp³-hybridized carbons (Fsp3) is 0.833. The Hall–Kier alpha value is -1.31. The molecule has 0 fully saturated rings. The minimum absolute atomic E-state index is 0.0577. The van der Waals surface area contributed by atoms with E-state index in [1.54, 1.807) is 19.0 Å². The van der Waals surface area contributed by atoms with E-state index in [0.29, 0.717) is 17.9 Å². The predicted octanol–water partition coefficient (Wildman–Crippen LogP) is 1.14. The van der Waals surface area contributed by atoms with Crippen LogP contribution in [0.2, 0.25) is 0 Å². The number of hydrogen-bond donors (Lipinski definition) is 0. The van der Waals surface area contributed by atoms with Gasteiger partial charge in [0.2, 0.25) is 0 Å². The molecule has 1 amide bonds. The van der Waals surface area contributed by atoms with Gasteiger partial charge in [0.25, 0.3) is 0 Å². The Morgan fingerprint density at radius 1 is 1.20 bits per heavy atom. The van der Waals surface area contributed by atoms with Crippen LogP contribution < -0.4 is 0 Å². The summed E-state index contributed by atoms with van der Waals surface area (Å²) in [5.41, 5.74) is 0. The highest BCUT2D eigenvalue weighted by Crippen LogP contribution is 2.19. The lowest BCUT2D eigenvalue weighted by atomic mass is 10.1. The highest BCUT2D eigenvalue weighted by atomic mass is 19.4. The number of carbonyl (C=O) groups excluding carboxylic acids is 2. The Bertz CT molecular complexity index is 332. The third-order valence-electron chi connectivity index (χ3n) is 2.66. The van der Waals surface area contributed by atoms with E-state index >= 15 is 0 Å². The molecule has 0 spiro atoms. The van der Waals surface area contributed by atoms with Crippen molar-refractivity contribution in [1.82, 2.24) is 9.80 Å². The van der Waals surface area contributed by atoms with Crippen LogP contribution in [0.1, 0.15) is 13.3 Å². The van der Waals surface area contributed by atoms with Crippen LogP contribution in [0.25, 0.3) is 0 Å². The van der Waals surface area contributed by atoms with Crippen LogP contribution in [0.3, 0.4) is 0 Å². The van der Waals surface area contributed by atoms with Crippen molar-refractivity contribution >= 4 is 11.9 Å². The van der Waals surface area contributed by atoms with Gasteiger partial charge in [-0.1, -0.05) is 6.92 Å². The summed E-state index contributed by atoms with van der Waals surface area (Å²) >= 11 is 0. The molecule has 0 heterocycles. The van der Waals surface area contributed by atoms with Gasteiger partial charge in [-0.2, -0.15) is 13.2 Å². The second-order valence-corrected chi connectivity index (χ2v) is 4.83. The SMILES string of the molecule is COC(=O)C(C)CN(CCCN(C)C)C(=O)C(F)(F)F. The third kappa shape index (κ3) is 6.74. The zero-order valence-corrected chi connectivity index (χ0v) is 12.2. The number of alkyl halides is 3. The third-order valence-corrected chi connectivity index (χ3v) is 2.66. The van der Waals surface area contributed by atoms with Crippen LogP contribution in [-0.2, 0) is 14.3 Å². The Labute approximate surface area is 116 Å². The van der Waals surface area contributed by atoms with Crippen molar-refractivity contribution in [1.29, 1.82) is 0 Å². The van der Waals surface area contributed by atoms with E-state index in [1.807, 2.05) is 0 Å². The van der Waals surface area contributed by atoms with Gasteiger partial charge in [0, 0.05) is 13.1 Å². The molecule has 0 saturated carbocycles. The van der Waals surface area contributed by atoms with Crippen molar-refractivity contribution in [3.63, 3.8) is 0 Å². The van der Waals surface area contributed by atoms with Gasteiger partial charge in [-0.15, -0.1) is 0 Å². The van der Waals surface area contributed by atoms with Crippen LogP contribution in [0.5, 0.6) is 0 Å². The molecule has 0 aromatic rings. The molecule has 0 rings (SSSR count). The van der Waals surface area contributed by atoms with E-state index in [9.17, 15) is 22.8 Å². The Kier molecular flexibility index (Phi) is 7.55. The summed E-state index contributed by atoms with van der Waals surface area (Å²) in [6.07, 6.45) is -4.54. The van der Waals surface area contributed by atoms with E-state index in [4.69, 9.17) is 0 Å². The van der Waals surface area contributed by atoms with E-state index in [2.05, 4.69) is 4.74 Å². The zero-order chi connectivity index (χ0) is 15.9. The van der Waals surface area contributed by atoms with Gasteiger partial charge in [-0.25, -0.2) is 0 Å². The number of methoxy groups -OCH3 is 1. The van der Waals surface area contributed by atoms with Gasteiger partial charge in [0.05, 0.1) is 13.0 Å². The molecule has 8 heteroatoms. The average molecular weight is 298 g/mol. The number of hydrogen-bond acceptors (Lipinski definition) is 4. The first kappa shape index (κ1) is 18.7. The fourth-order valence-corrected chi connectivity index (χ4v) is 1.64. The summed E-state index contributed by atoms with van der Waals surface area (Å²) in [6.45, 7) is 1.61. The minimum atomic E-state index is -4.94. The molecule has 0 aromatic heterocycles. The molecule has 0 aromatic carbocycles. The predicted molar refractivity (Wildman–Crippen MR) is 67.0 cm³/mol. The summed E-state index contributed by atoms with van der Waals surface area (Å²) in [5, 5.41) is 0. The average Bonchev–Trinajstić information content (AvgIpc) is 2.33. The quantitative estimate of drug-likeness (QED) is 0.661. The van der Waals surface area contributed by atoms with E-state index < -0.39 is 24.0 Å². The van der Waals surface area contributed by atoms with E-state index in [0.717, 1.165) is 7.11 Å².